The van der Waals surface area contributed by atoms with E-state index in [0.29, 0.717) is 0 Å². The van der Waals surface area contributed by atoms with E-state index in [1.54, 1.807) is 0 Å². The van der Waals surface area contributed by atoms with Gasteiger partial charge in [0.05, 0.1) is 0 Å². The number of aryl methyl sites for hydroxylation is 2. The number of benzene rings is 7. The van der Waals surface area contributed by atoms with E-state index in [1.807, 2.05) is 0 Å². The van der Waals surface area contributed by atoms with Crippen LogP contribution >= 0.6 is 0 Å². The fraction of sp³-hybridized carbons (Fsp3) is 0.0417. The first-order chi connectivity index (χ1) is 23.6. The first-order valence-corrected chi connectivity index (χ1v) is 20.5. The minimum atomic E-state index is 0. The third-order valence-corrected chi connectivity index (χ3v) is 9.27. The molecule has 9 aromatic carbocycles. The van der Waals surface area contributed by atoms with Crippen molar-refractivity contribution in [3.63, 3.8) is 0 Å². The molecule has 0 aliphatic rings. The third kappa shape index (κ3) is 7.15. The van der Waals surface area contributed by atoms with Crippen molar-refractivity contribution in [1.82, 2.24) is 0 Å². The predicted octanol–water partition coefficient (Wildman–Crippen LogP) is 13.6. The maximum atomic E-state index is 3.06. The summed E-state index contributed by atoms with van der Waals surface area (Å²) in [7, 11) is 0. The molecule has 50 heavy (non-hydrogen) atoms. The van der Waals surface area contributed by atoms with Crippen molar-refractivity contribution in [3.8, 4) is 33.4 Å². The second kappa shape index (κ2) is 16.4. The molecule has 0 saturated heterocycles. The van der Waals surface area contributed by atoms with Crippen molar-refractivity contribution in [2.75, 3.05) is 0 Å². The fourth-order valence-corrected chi connectivity index (χ4v) is 7.01. The predicted molar refractivity (Wildman–Crippen MR) is 218 cm³/mol. The number of fused-ring (bicyclic) bond motifs is 5. The fourth-order valence-electron chi connectivity index (χ4n) is 7.01. The van der Waals surface area contributed by atoms with Gasteiger partial charge in [-0.3, -0.25) is 0 Å². The zero-order chi connectivity index (χ0) is 33.0. The summed E-state index contributed by atoms with van der Waals surface area (Å²) >= 11 is 1.36. The summed E-state index contributed by atoms with van der Waals surface area (Å²) in [5, 5.41) is 10.6. The van der Waals surface area contributed by atoms with Gasteiger partial charge in [0.1, 0.15) is 0 Å². The Bertz CT molecular complexity index is 2500. The molecule has 0 nitrogen and oxygen atoms in total. The molecular weight excluding hydrogens is 696 g/mol. The molecule has 244 valence electrons. The van der Waals surface area contributed by atoms with Crippen LogP contribution in [0.2, 0.25) is 0 Å². The summed E-state index contributed by atoms with van der Waals surface area (Å²) in [6, 6.07) is 61.3. The van der Waals surface area contributed by atoms with Crippen LogP contribution in [-0.4, -0.2) is 6.88 Å². The van der Waals surface area contributed by atoms with E-state index in [1.165, 1.54) is 111 Å². The molecule has 0 atom stereocenters. The van der Waals surface area contributed by atoms with Crippen LogP contribution in [0.5, 0.6) is 0 Å². The SMILES string of the molecule is Cc1cc2c(-c3ccccc3)ccc(C)c2[cH-]1.[CH3-].[CH3-].[Si]=[Zr].c1ccc(-c2cccc3[cH-]c(-c4cccc5c4ccc4ccccc45)cc23)cc1. The van der Waals surface area contributed by atoms with E-state index in [-0.39, 0.29) is 14.9 Å². The Kier molecular flexibility index (Phi) is 12.0. The van der Waals surface area contributed by atoms with E-state index in [0.717, 1.165) is 0 Å². The molecule has 2 radical (unpaired) electrons. The molecule has 0 aliphatic carbocycles. The number of hydrogen-bond acceptors (Lipinski definition) is 0. The molecule has 0 N–H and O–H groups in total. The number of rotatable bonds is 3. The van der Waals surface area contributed by atoms with Crippen LogP contribution in [0, 0.1) is 28.7 Å². The van der Waals surface area contributed by atoms with Crippen molar-refractivity contribution in [3.05, 3.63) is 196 Å². The molecule has 0 bridgehead atoms. The van der Waals surface area contributed by atoms with E-state index >= 15 is 0 Å². The van der Waals surface area contributed by atoms with Gasteiger partial charge in [0.15, 0.2) is 0 Å². The van der Waals surface area contributed by atoms with Crippen molar-refractivity contribution in [2.24, 2.45) is 0 Å². The maximum Gasteiger partial charge on any atom is -0.0112 e. The van der Waals surface area contributed by atoms with Gasteiger partial charge in [0.25, 0.3) is 0 Å². The van der Waals surface area contributed by atoms with Crippen LogP contribution in [-0.2, 0) is 23.3 Å². The van der Waals surface area contributed by atoms with Crippen LogP contribution in [0.4, 0.5) is 0 Å². The molecule has 0 amide bonds. The summed E-state index contributed by atoms with van der Waals surface area (Å²) in [5.74, 6) is 0. The summed E-state index contributed by atoms with van der Waals surface area (Å²) in [6.07, 6.45) is 0. The molecule has 0 aromatic heterocycles. The molecular formula is C48H40SiZr-4. The van der Waals surface area contributed by atoms with Crippen LogP contribution in [0.3, 0.4) is 0 Å². The van der Waals surface area contributed by atoms with Gasteiger partial charge >= 0.3 is 30.2 Å². The maximum absolute atomic E-state index is 3.06. The zero-order valence-corrected chi connectivity index (χ0v) is 32.6. The zero-order valence-electron chi connectivity index (χ0n) is 29.2. The molecule has 0 spiro atoms. The minimum Gasteiger partial charge on any atom is -0.144 e. The largest absolute Gasteiger partial charge is 0.144 e. The van der Waals surface area contributed by atoms with Gasteiger partial charge in [-0.2, -0.15) is 6.07 Å². The van der Waals surface area contributed by atoms with E-state index < -0.39 is 0 Å². The van der Waals surface area contributed by atoms with Gasteiger partial charge in [-0.15, -0.1) is 68.6 Å². The smallest absolute Gasteiger partial charge is 0.0112 e. The van der Waals surface area contributed by atoms with Gasteiger partial charge in [-0.25, -0.2) is 0 Å². The van der Waals surface area contributed by atoms with Gasteiger partial charge in [0, 0.05) is 0 Å². The standard InChI is InChI=1S/C29H19.C17H15.2CH3.Si.Zr/c1-2-8-20(9-3-1)25-13-6-11-22-18-23(19-29(22)25)26-14-7-15-27-24-12-5-4-10-21(24)16-17-28(26)27;1-12-10-16-13(2)8-9-15(17(16)11-12)14-6-4-3-5-7-14;;;;/h1-19H;3-11H,1-2H3;2*1H3;;/q4*-1;;. The summed E-state index contributed by atoms with van der Waals surface area (Å²) < 4.78 is 0. The van der Waals surface area contributed by atoms with Gasteiger partial charge < -0.3 is 14.9 Å². The number of hydrogen-bond donors (Lipinski definition) is 0. The molecule has 9 aromatic rings. The molecule has 0 fully saturated rings. The quantitative estimate of drug-likeness (QED) is 0.0963. The Labute approximate surface area is 314 Å². The first-order valence-electron chi connectivity index (χ1n) is 16.3. The molecule has 0 aliphatic heterocycles. The van der Waals surface area contributed by atoms with Crippen LogP contribution in [0.25, 0.3) is 76.5 Å². The van der Waals surface area contributed by atoms with Crippen molar-refractivity contribution in [2.45, 2.75) is 13.8 Å². The second-order valence-corrected chi connectivity index (χ2v) is 12.3. The Balaban J connectivity index is 0.000000199. The van der Waals surface area contributed by atoms with Gasteiger partial charge in [-0.05, 0) is 32.7 Å². The Hall–Kier alpha value is -4.62. The monoisotopic (exact) mass is 734 g/mol. The first kappa shape index (κ1) is 36.7. The van der Waals surface area contributed by atoms with Crippen LogP contribution in [0.1, 0.15) is 11.1 Å². The van der Waals surface area contributed by atoms with Gasteiger partial charge in [-0.1, -0.05) is 164 Å². The molecule has 0 heterocycles. The molecule has 0 saturated carbocycles. The molecule has 0 unspecified atom stereocenters. The van der Waals surface area contributed by atoms with Crippen molar-refractivity contribution < 1.29 is 23.3 Å². The molecule has 9 rings (SSSR count). The third-order valence-electron chi connectivity index (χ3n) is 9.27. The summed E-state index contributed by atoms with van der Waals surface area (Å²) in [4.78, 5) is 0. The van der Waals surface area contributed by atoms with Crippen molar-refractivity contribution >= 4 is 50.0 Å². The van der Waals surface area contributed by atoms with E-state index in [9.17, 15) is 0 Å². The average molecular weight is 736 g/mol. The van der Waals surface area contributed by atoms with E-state index in [4.69, 9.17) is 0 Å². The van der Waals surface area contributed by atoms with Crippen LogP contribution < -0.4 is 0 Å². The molecule has 2 heteroatoms. The Morgan fingerprint density at radius 2 is 1.04 bits per heavy atom. The summed E-state index contributed by atoms with van der Waals surface area (Å²) in [6.45, 7) is 7.40. The Morgan fingerprint density at radius 3 is 1.76 bits per heavy atom. The van der Waals surface area contributed by atoms with E-state index in [2.05, 4.69) is 191 Å². The normalized spacial score (nSPS) is 10.4. The van der Waals surface area contributed by atoms with Gasteiger partial charge in [0.2, 0.25) is 0 Å². The Morgan fingerprint density at radius 1 is 0.440 bits per heavy atom. The van der Waals surface area contributed by atoms with Crippen molar-refractivity contribution in [1.29, 1.82) is 0 Å². The van der Waals surface area contributed by atoms with Crippen LogP contribution in [0.15, 0.2) is 170 Å². The summed E-state index contributed by atoms with van der Waals surface area (Å²) in [5.41, 5.74) is 10.5. The minimum absolute atomic E-state index is 0. The average Bonchev–Trinajstić information content (AvgIpc) is 3.77. The topological polar surface area (TPSA) is 0 Å². The second-order valence-electron chi connectivity index (χ2n) is 12.3.